The highest BCUT2D eigenvalue weighted by Gasteiger charge is 2.20. The lowest BCUT2D eigenvalue weighted by atomic mass is 10.3. The zero-order chi connectivity index (χ0) is 16.8. The number of nitrogen functional groups attached to an aromatic ring is 1. The lowest BCUT2D eigenvalue weighted by molar-refractivity contribution is -0.115. The maximum absolute atomic E-state index is 12.4. The summed E-state index contributed by atoms with van der Waals surface area (Å²) < 4.78 is 6.92. The van der Waals surface area contributed by atoms with Crippen molar-refractivity contribution in [1.82, 2.24) is 14.9 Å². The Morgan fingerprint density at radius 2 is 2.13 bits per heavy atom. The second-order valence-corrected chi connectivity index (χ2v) is 6.11. The molecular weight excluding hydrogens is 314 g/mol. The number of aromatic nitrogens is 3. The van der Waals surface area contributed by atoms with Crippen molar-refractivity contribution in [1.29, 1.82) is 0 Å². The van der Waals surface area contributed by atoms with E-state index in [4.69, 9.17) is 10.6 Å². The second-order valence-electron chi connectivity index (χ2n) is 4.80. The topological polar surface area (TPSA) is 95.1 Å². The minimum absolute atomic E-state index is 0.150. The first kappa shape index (κ1) is 17.1. The number of carbonyl (C=O) groups excluding carboxylic acids is 1. The van der Waals surface area contributed by atoms with Gasteiger partial charge in [-0.25, -0.2) is 4.68 Å². The molecule has 2 aromatic rings. The fourth-order valence-electron chi connectivity index (χ4n) is 1.93. The molecule has 0 radical (unpaired) electrons. The number of para-hydroxylation sites is 2. The molecule has 1 heterocycles. The number of benzene rings is 1. The van der Waals surface area contributed by atoms with E-state index in [0.29, 0.717) is 35.4 Å². The molecule has 0 aliphatic carbocycles. The summed E-state index contributed by atoms with van der Waals surface area (Å²) in [7, 11) is 0. The Labute approximate surface area is 139 Å². The summed E-state index contributed by atoms with van der Waals surface area (Å²) in [6.07, 6.45) is 0.687. The maximum atomic E-state index is 12.4. The van der Waals surface area contributed by atoms with Crippen molar-refractivity contribution < 1.29 is 9.53 Å². The number of anilines is 1. The molecule has 0 saturated heterocycles. The van der Waals surface area contributed by atoms with Gasteiger partial charge in [-0.15, -0.1) is 10.2 Å². The monoisotopic (exact) mass is 335 g/mol. The van der Waals surface area contributed by atoms with Crippen LogP contribution in [0, 0.1) is 0 Å². The number of hydrogen-bond donors (Lipinski definition) is 2. The Bertz CT molecular complexity index is 674. The summed E-state index contributed by atoms with van der Waals surface area (Å²) >= 11 is 1.26. The summed E-state index contributed by atoms with van der Waals surface area (Å²) in [6.45, 7) is 6.18. The van der Waals surface area contributed by atoms with Gasteiger partial charge in [-0.1, -0.05) is 30.8 Å². The van der Waals surface area contributed by atoms with Crippen molar-refractivity contribution in [3.05, 3.63) is 30.1 Å². The molecule has 124 valence electrons. The van der Waals surface area contributed by atoms with Crippen molar-refractivity contribution >= 4 is 23.4 Å². The Balaban J connectivity index is 2.04. The number of thioether (sulfide) groups is 1. The normalized spacial score (nSPS) is 12.0. The Morgan fingerprint density at radius 3 is 2.78 bits per heavy atom. The zero-order valence-electron chi connectivity index (χ0n) is 13.4. The molecular formula is C15H21N5O2S. The first-order valence-electron chi connectivity index (χ1n) is 7.45. The van der Waals surface area contributed by atoms with Crippen LogP contribution in [0.25, 0.3) is 0 Å². The third-order valence-electron chi connectivity index (χ3n) is 3.15. The Kier molecular flexibility index (Phi) is 5.86. The Morgan fingerprint density at radius 1 is 1.39 bits per heavy atom. The largest absolute Gasteiger partial charge is 0.492 e. The maximum Gasteiger partial charge on any atom is 0.237 e. The number of amides is 1. The van der Waals surface area contributed by atoms with Gasteiger partial charge >= 0.3 is 0 Å². The van der Waals surface area contributed by atoms with E-state index >= 15 is 0 Å². The van der Waals surface area contributed by atoms with Crippen molar-refractivity contribution in [3.8, 4) is 5.75 Å². The van der Waals surface area contributed by atoms with Gasteiger partial charge in [0.2, 0.25) is 11.1 Å². The average Bonchev–Trinajstić information content (AvgIpc) is 2.89. The fourth-order valence-corrected chi connectivity index (χ4v) is 2.72. The van der Waals surface area contributed by atoms with Crippen LogP contribution in [0.2, 0.25) is 0 Å². The molecule has 0 aliphatic rings. The molecule has 0 saturated carbocycles. The molecule has 1 aromatic carbocycles. The van der Waals surface area contributed by atoms with Crippen molar-refractivity contribution in [2.45, 2.75) is 37.6 Å². The molecule has 0 spiro atoms. The molecule has 0 fully saturated rings. The van der Waals surface area contributed by atoms with Gasteiger partial charge in [0, 0.05) is 6.42 Å². The van der Waals surface area contributed by atoms with E-state index in [9.17, 15) is 4.79 Å². The summed E-state index contributed by atoms with van der Waals surface area (Å²) in [4.78, 5) is 12.4. The molecule has 0 unspecified atom stereocenters. The molecule has 8 heteroatoms. The van der Waals surface area contributed by atoms with Crippen LogP contribution in [0.15, 0.2) is 29.4 Å². The number of carbonyl (C=O) groups is 1. The number of nitrogens with one attached hydrogen (secondary N) is 1. The highest BCUT2D eigenvalue weighted by atomic mass is 32.2. The molecule has 0 bridgehead atoms. The van der Waals surface area contributed by atoms with Gasteiger partial charge in [0.25, 0.3) is 0 Å². The predicted octanol–water partition coefficient (Wildman–Crippen LogP) is 2.07. The summed E-state index contributed by atoms with van der Waals surface area (Å²) in [5.41, 5.74) is 0.648. The SMILES string of the molecule is CCOc1ccccc1NC(=O)[C@H](C)Sc1nnc(CC)n1N. The summed E-state index contributed by atoms with van der Waals surface area (Å²) in [6, 6.07) is 7.34. The molecule has 1 amide bonds. The number of hydrogen-bond acceptors (Lipinski definition) is 6. The minimum atomic E-state index is -0.374. The summed E-state index contributed by atoms with van der Waals surface area (Å²) in [5.74, 6) is 7.08. The zero-order valence-corrected chi connectivity index (χ0v) is 14.3. The standard InChI is InChI=1S/C15H21N5O2S/c1-4-13-18-19-15(20(13)16)23-10(3)14(21)17-11-8-6-7-9-12(11)22-5-2/h6-10H,4-5,16H2,1-3H3,(H,17,21)/t10-/m0/s1. The van der Waals surface area contributed by atoms with Crippen LogP contribution in [0.5, 0.6) is 5.75 Å². The molecule has 23 heavy (non-hydrogen) atoms. The first-order chi connectivity index (χ1) is 11.1. The second kappa shape index (κ2) is 7.87. The van der Waals surface area contributed by atoms with Crippen LogP contribution >= 0.6 is 11.8 Å². The van der Waals surface area contributed by atoms with Crippen LogP contribution in [0.4, 0.5) is 5.69 Å². The van der Waals surface area contributed by atoms with Crippen molar-refractivity contribution in [2.75, 3.05) is 17.8 Å². The molecule has 1 atom stereocenters. The van der Waals surface area contributed by atoms with Crippen LogP contribution in [0.3, 0.4) is 0 Å². The van der Waals surface area contributed by atoms with E-state index in [1.54, 1.807) is 13.0 Å². The average molecular weight is 335 g/mol. The lowest BCUT2D eigenvalue weighted by Gasteiger charge is -2.14. The molecule has 3 N–H and O–H groups in total. The third kappa shape index (κ3) is 4.16. The van der Waals surface area contributed by atoms with E-state index in [1.807, 2.05) is 32.0 Å². The molecule has 0 aliphatic heterocycles. The van der Waals surface area contributed by atoms with E-state index in [1.165, 1.54) is 16.4 Å². The molecule has 2 rings (SSSR count). The van der Waals surface area contributed by atoms with Gasteiger partial charge in [0.15, 0.2) is 5.82 Å². The van der Waals surface area contributed by atoms with Crippen molar-refractivity contribution in [3.63, 3.8) is 0 Å². The van der Waals surface area contributed by atoms with Crippen LogP contribution in [-0.4, -0.2) is 32.6 Å². The first-order valence-corrected chi connectivity index (χ1v) is 8.33. The van der Waals surface area contributed by atoms with Crippen LogP contribution in [-0.2, 0) is 11.2 Å². The Hall–Kier alpha value is -2.22. The predicted molar refractivity (Wildman–Crippen MR) is 91.1 cm³/mol. The van der Waals surface area contributed by atoms with Gasteiger partial charge in [-0.05, 0) is 26.0 Å². The van der Waals surface area contributed by atoms with Gasteiger partial charge in [-0.3, -0.25) is 4.79 Å². The van der Waals surface area contributed by atoms with Gasteiger partial charge in [0.05, 0.1) is 17.5 Å². The molecule has 7 nitrogen and oxygen atoms in total. The quantitative estimate of drug-likeness (QED) is 0.594. The number of rotatable bonds is 7. The van der Waals surface area contributed by atoms with E-state index < -0.39 is 0 Å². The van der Waals surface area contributed by atoms with Crippen LogP contribution in [0.1, 0.15) is 26.6 Å². The summed E-state index contributed by atoms with van der Waals surface area (Å²) in [5, 5.41) is 11.0. The van der Waals surface area contributed by atoms with Gasteiger partial charge in [-0.2, -0.15) is 0 Å². The highest BCUT2D eigenvalue weighted by molar-refractivity contribution is 8.00. The number of aryl methyl sites for hydroxylation is 1. The fraction of sp³-hybridized carbons (Fsp3) is 0.400. The number of nitrogens with zero attached hydrogens (tertiary/aromatic N) is 3. The third-order valence-corrected chi connectivity index (χ3v) is 4.20. The highest BCUT2D eigenvalue weighted by Crippen LogP contribution is 2.26. The smallest absolute Gasteiger partial charge is 0.237 e. The number of ether oxygens (including phenoxy) is 1. The van der Waals surface area contributed by atoms with E-state index in [-0.39, 0.29) is 11.2 Å². The van der Waals surface area contributed by atoms with Crippen molar-refractivity contribution in [2.24, 2.45) is 0 Å². The van der Waals surface area contributed by atoms with Gasteiger partial charge < -0.3 is 15.9 Å². The van der Waals surface area contributed by atoms with E-state index in [0.717, 1.165) is 0 Å². The minimum Gasteiger partial charge on any atom is -0.492 e. The van der Waals surface area contributed by atoms with E-state index in [2.05, 4.69) is 15.5 Å². The molecule has 1 aromatic heterocycles. The lowest BCUT2D eigenvalue weighted by Crippen LogP contribution is -2.24. The number of nitrogens with two attached hydrogens (primary N) is 1. The van der Waals surface area contributed by atoms with Crippen LogP contribution < -0.4 is 15.9 Å². The van der Waals surface area contributed by atoms with Gasteiger partial charge in [0.1, 0.15) is 5.75 Å².